The maximum Gasteiger partial charge on any atom is 0.258 e. The number of aryl methyl sites for hydroxylation is 3. The lowest BCUT2D eigenvalue weighted by molar-refractivity contribution is -0.119. The van der Waals surface area contributed by atoms with Gasteiger partial charge in [-0.15, -0.1) is 0 Å². The number of pyridine rings is 1. The number of carbonyl (C=O) groups excluding carboxylic acids is 2. The molecule has 2 aromatic carbocycles. The van der Waals surface area contributed by atoms with Crippen molar-refractivity contribution >= 4 is 29.3 Å². The summed E-state index contributed by atoms with van der Waals surface area (Å²) in [7, 11) is 0. The molecule has 3 aromatic rings. The number of anilines is 1. The van der Waals surface area contributed by atoms with Crippen LogP contribution >= 0.6 is 11.8 Å². The Kier molecular flexibility index (Phi) is 7.47. The van der Waals surface area contributed by atoms with E-state index in [9.17, 15) is 9.59 Å². The van der Waals surface area contributed by atoms with Gasteiger partial charge >= 0.3 is 0 Å². The van der Waals surface area contributed by atoms with E-state index in [1.165, 1.54) is 11.8 Å². The van der Waals surface area contributed by atoms with Gasteiger partial charge in [-0.05, 0) is 62.6 Å². The van der Waals surface area contributed by atoms with Crippen LogP contribution in [0.4, 0.5) is 5.69 Å². The molecular formula is C25H27N3O2S. The minimum absolute atomic E-state index is 0.0920. The number of rotatable bonds is 7. The van der Waals surface area contributed by atoms with Crippen LogP contribution in [0, 0.1) is 20.8 Å². The van der Waals surface area contributed by atoms with Crippen LogP contribution in [0.2, 0.25) is 0 Å². The molecule has 0 aliphatic heterocycles. The van der Waals surface area contributed by atoms with Crippen molar-refractivity contribution < 1.29 is 9.59 Å². The summed E-state index contributed by atoms with van der Waals surface area (Å²) in [6, 6.07) is 19.3. The highest BCUT2D eigenvalue weighted by molar-refractivity contribution is 8.00. The second-order valence-electron chi connectivity index (χ2n) is 7.57. The molecule has 0 bridgehead atoms. The lowest BCUT2D eigenvalue weighted by Gasteiger charge is -2.15. The van der Waals surface area contributed by atoms with Gasteiger partial charge in [0.05, 0.1) is 17.4 Å². The predicted molar refractivity (Wildman–Crippen MR) is 127 cm³/mol. The fourth-order valence-corrected chi connectivity index (χ4v) is 4.30. The Morgan fingerprint density at radius 1 is 1.00 bits per heavy atom. The molecule has 31 heavy (non-hydrogen) atoms. The van der Waals surface area contributed by atoms with E-state index >= 15 is 0 Å². The standard InChI is InChI=1S/C25H27N3O2S/c1-16-9-8-12-21(13-16)28-24(30)23-17(2)14-18(3)26-25(23)31-15-22(29)27-19(4)20-10-6-5-7-11-20/h5-14,19H,15H2,1-4H3,(H,27,29)(H,28,30)/t19-/m0/s1. The Hall–Kier alpha value is -3.12. The van der Waals surface area contributed by atoms with Gasteiger partial charge in [-0.3, -0.25) is 9.59 Å². The summed E-state index contributed by atoms with van der Waals surface area (Å²) in [5, 5.41) is 6.51. The number of nitrogens with zero attached hydrogens (tertiary/aromatic N) is 1. The van der Waals surface area contributed by atoms with Crippen LogP contribution in [-0.2, 0) is 4.79 Å². The van der Waals surface area contributed by atoms with Gasteiger partial charge < -0.3 is 10.6 Å². The van der Waals surface area contributed by atoms with E-state index in [0.29, 0.717) is 10.6 Å². The Morgan fingerprint density at radius 2 is 1.74 bits per heavy atom. The largest absolute Gasteiger partial charge is 0.349 e. The number of hydrogen-bond donors (Lipinski definition) is 2. The summed E-state index contributed by atoms with van der Waals surface area (Å²) < 4.78 is 0. The zero-order valence-electron chi connectivity index (χ0n) is 18.2. The highest BCUT2D eigenvalue weighted by atomic mass is 32.2. The van der Waals surface area contributed by atoms with E-state index in [2.05, 4.69) is 15.6 Å². The minimum atomic E-state index is -0.226. The summed E-state index contributed by atoms with van der Waals surface area (Å²) >= 11 is 1.28. The number of amides is 2. The van der Waals surface area contributed by atoms with E-state index in [1.54, 1.807) is 0 Å². The number of hydrogen-bond acceptors (Lipinski definition) is 4. The van der Waals surface area contributed by atoms with Gasteiger partial charge in [0.2, 0.25) is 5.91 Å². The van der Waals surface area contributed by atoms with Gasteiger partial charge in [0, 0.05) is 11.4 Å². The molecule has 2 amide bonds. The maximum absolute atomic E-state index is 13.0. The van der Waals surface area contributed by atoms with Gasteiger partial charge in [-0.25, -0.2) is 4.98 Å². The average molecular weight is 434 g/mol. The first kappa shape index (κ1) is 22.6. The third kappa shape index (κ3) is 6.18. The molecule has 5 nitrogen and oxygen atoms in total. The van der Waals surface area contributed by atoms with Crippen molar-refractivity contribution in [2.45, 2.75) is 38.8 Å². The van der Waals surface area contributed by atoms with Crippen LogP contribution in [0.5, 0.6) is 0 Å². The first-order valence-corrected chi connectivity index (χ1v) is 11.2. The third-order valence-electron chi connectivity index (χ3n) is 4.83. The van der Waals surface area contributed by atoms with Gasteiger partial charge in [-0.1, -0.05) is 54.2 Å². The first-order valence-electron chi connectivity index (χ1n) is 10.2. The van der Waals surface area contributed by atoms with Gasteiger partial charge in [-0.2, -0.15) is 0 Å². The second-order valence-corrected chi connectivity index (χ2v) is 8.54. The van der Waals surface area contributed by atoms with E-state index in [0.717, 1.165) is 28.1 Å². The molecule has 160 valence electrons. The molecule has 6 heteroatoms. The Balaban J connectivity index is 1.72. The molecule has 0 aliphatic carbocycles. The highest BCUT2D eigenvalue weighted by Crippen LogP contribution is 2.26. The van der Waals surface area contributed by atoms with Crippen molar-refractivity contribution in [3.63, 3.8) is 0 Å². The van der Waals surface area contributed by atoms with Crippen LogP contribution in [0.1, 0.15) is 45.7 Å². The summed E-state index contributed by atoms with van der Waals surface area (Å²) in [5.41, 5.74) is 4.98. The summed E-state index contributed by atoms with van der Waals surface area (Å²) in [6.45, 7) is 7.71. The topological polar surface area (TPSA) is 71.1 Å². The van der Waals surface area contributed by atoms with Gasteiger partial charge in [0.25, 0.3) is 5.91 Å². The molecule has 0 fully saturated rings. The van der Waals surface area contributed by atoms with Crippen LogP contribution in [0.25, 0.3) is 0 Å². The van der Waals surface area contributed by atoms with Crippen LogP contribution in [0.15, 0.2) is 65.7 Å². The highest BCUT2D eigenvalue weighted by Gasteiger charge is 2.19. The zero-order valence-corrected chi connectivity index (χ0v) is 19.0. The Bertz CT molecular complexity index is 1080. The Labute approximate surface area is 187 Å². The number of aromatic nitrogens is 1. The molecule has 0 aliphatic rings. The first-order chi connectivity index (χ1) is 14.8. The number of carbonyl (C=O) groups is 2. The molecule has 0 unspecified atom stereocenters. The molecule has 3 rings (SSSR count). The molecule has 1 heterocycles. The smallest absolute Gasteiger partial charge is 0.258 e. The SMILES string of the molecule is Cc1cccc(NC(=O)c2c(C)cc(C)nc2SCC(=O)N[C@@H](C)c2ccccc2)c1. The normalized spacial score (nSPS) is 11.6. The van der Waals surface area contributed by atoms with E-state index in [-0.39, 0.29) is 23.6 Å². The molecule has 0 saturated heterocycles. The summed E-state index contributed by atoms with van der Waals surface area (Å²) in [4.78, 5) is 30.1. The number of nitrogens with one attached hydrogen (secondary N) is 2. The van der Waals surface area contributed by atoms with Gasteiger partial charge in [0.1, 0.15) is 5.03 Å². The molecule has 1 aromatic heterocycles. The summed E-state index contributed by atoms with van der Waals surface area (Å²) in [6.07, 6.45) is 0. The molecular weight excluding hydrogens is 406 g/mol. The fourth-order valence-electron chi connectivity index (χ4n) is 3.34. The third-order valence-corrected chi connectivity index (χ3v) is 5.81. The average Bonchev–Trinajstić information content (AvgIpc) is 2.72. The van der Waals surface area contributed by atoms with Crippen LogP contribution in [0.3, 0.4) is 0 Å². The van der Waals surface area contributed by atoms with Crippen LogP contribution < -0.4 is 10.6 Å². The molecule has 0 spiro atoms. The lowest BCUT2D eigenvalue weighted by atomic mass is 10.1. The van der Waals surface area contributed by atoms with Gasteiger partial charge in [0.15, 0.2) is 0 Å². The van der Waals surface area contributed by atoms with Crippen molar-refractivity contribution in [3.05, 3.63) is 88.6 Å². The van der Waals surface area contributed by atoms with Crippen molar-refractivity contribution in [3.8, 4) is 0 Å². The van der Waals surface area contributed by atoms with Crippen molar-refractivity contribution in [1.29, 1.82) is 0 Å². The van der Waals surface area contributed by atoms with Crippen molar-refractivity contribution in [2.75, 3.05) is 11.1 Å². The molecule has 1 atom stereocenters. The van der Waals surface area contributed by atoms with Crippen LogP contribution in [-0.4, -0.2) is 22.6 Å². The van der Waals surface area contributed by atoms with E-state index in [1.807, 2.05) is 88.4 Å². The maximum atomic E-state index is 13.0. The van der Waals surface area contributed by atoms with E-state index < -0.39 is 0 Å². The Morgan fingerprint density at radius 3 is 2.45 bits per heavy atom. The fraction of sp³-hybridized carbons (Fsp3) is 0.240. The van der Waals surface area contributed by atoms with E-state index in [4.69, 9.17) is 0 Å². The monoisotopic (exact) mass is 433 g/mol. The molecule has 0 radical (unpaired) electrons. The zero-order chi connectivity index (χ0) is 22.4. The number of benzene rings is 2. The minimum Gasteiger partial charge on any atom is -0.349 e. The molecule has 2 N–H and O–H groups in total. The number of thioether (sulfide) groups is 1. The lowest BCUT2D eigenvalue weighted by Crippen LogP contribution is -2.28. The quantitative estimate of drug-likeness (QED) is 0.501. The van der Waals surface area contributed by atoms with Crippen molar-refractivity contribution in [1.82, 2.24) is 10.3 Å². The molecule has 0 saturated carbocycles. The predicted octanol–water partition coefficient (Wildman–Crippen LogP) is 5.23. The van der Waals surface area contributed by atoms with Crippen molar-refractivity contribution in [2.24, 2.45) is 0 Å². The second kappa shape index (κ2) is 10.3. The summed E-state index contributed by atoms with van der Waals surface area (Å²) in [5.74, 6) is -0.152.